The van der Waals surface area contributed by atoms with E-state index < -0.39 is 17.9 Å². The number of alkyl halides is 2. The molecule has 0 bridgehead atoms. The minimum Gasteiger partial charge on any atom is -0.493 e. The molecule has 0 heterocycles. The van der Waals surface area contributed by atoms with Gasteiger partial charge in [0.15, 0.2) is 18.1 Å². The molecule has 0 aliphatic heterocycles. The Morgan fingerprint density at radius 1 is 0.925 bits per heavy atom. The molecule has 8 nitrogen and oxygen atoms in total. The highest BCUT2D eigenvalue weighted by Crippen LogP contribution is 2.62. The summed E-state index contributed by atoms with van der Waals surface area (Å²) in [7, 11) is 1.63. The Hall–Kier alpha value is -3.75. The van der Waals surface area contributed by atoms with Crippen molar-refractivity contribution in [3.05, 3.63) is 88.5 Å². The molecule has 0 aromatic heterocycles. The van der Waals surface area contributed by atoms with Gasteiger partial charge in [0.25, 0.3) is 0 Å². The van der Waals surface area contributed by atoms with Crippen LogP contribution in [-0.4, -0.2) is 62.6 Å². The molecule has 0 amide bonds. The third-order valence-corrected chi connectivity index (χ3v) is 12.3. The predicted octanol–water partition coefficient (Wildman–Crippen LogP) is 8.84. The van der Waals surface area contributed by atoms with Crippen LogP contribution in [0.4, 0.5) is 5.69 Å². The second-order valence-corrected chi connectivity index (χ2v) is 15.7. The summed E-state index contributed by atoms with van der Waals surface area (Å²) in [5.74, 6) is 2.08. The van der Waals surface area contributed by atoms with E-state index in [1.54, 1.807) is 19.2 Å². The van der Waals surface area contributed by atoms with E-state index in [1.165, 1.54) is 11.1 Å². The molecule has 0 saturated heterocycles. The summed E-state index contributed by atoms with van der Waals surface area (Å²) >= 11 is 11.9. The first kappa shape index (κ1) is 39.0. The number of hydrogen-bond donors (Lipinski definition) is 0. The lowest BCUT2D eigenvalue weighted by Gasteiger charge is -2.50. The minimum absolute atomic E-state index is 0.137. The SMILES string of the molecule is COc1c(OC(=O)c2ccccc2)cc2c(c1C)[C@H]1CC[C@]3(C)[C@@H](OC(=O)COC(=O)CCCc4ccc(N(CCCl)CCCl)cc4)CC[C@H]3[C@@H]1CC2. The average Bonchev–Trinajstić information content (AvgIpc) is 3.50. The van der Waals surface area contributed by atoms with Crippen LogP contribution in [-0.2, 0) is 31.9 Å². The maximum Gasteiger partial charge on any atom is 0.344 e. The number of fused-ring (bicyclic) bond motifs is 5. The van der Waals surface area contributed by atoms with Crippen molar-refractivity contribution in [1.29, 1.82) is 0 Å². The largest absolute Gasteiger partial charge is 0.493 e. The van der Waals surface area contributed by atoms with Crippen molar-refractivity contribution in [3.63, 3.8) is 0 Å². The second-order valence-electron chi connectivity index (χ2n) is 14.9. The molecular weight excluding hydrogens is 713 g/mol. The Morgan fingerprint density at radius 2 is 1.66 bits per heavy atom. The van der Waals surface area contributed by atoms with Crippen LogP contribution < -0.4 is 14.4 Å². The zero-order valence-electron chi connectivity index (χ0n) is 31.0. The molecule has 3 aliphatic carbocycles. The molecule has 2 saturated carbocycles. The molecule has 3 aliphatic rings. The Labute approximate surface area is 323 Å². The molecular formula is C43H51Cl2NO7. The van der Waals surface area contributed by atoms with Crippen LogP contribution >= 0.6 is 23.2 Å². The van der Waals surface area contributed by atoms with Crippen molar-refractivity contribution < 1.29 is 33.3 Å². The smallest absolute Gasteiger partial charge is 0.344 e. The number of hydrogen-bond acceptors (Lipinski definition) is 8. The van der Waals surface area contributed by atoms with Gasteiger partial charge in [0.2, 0.25) is 0 Å². The molecule has 3 aromatic rings. The zero-order valence-corrected chi connectivity index (χ0v) is 32.6. The lowest BCUT2D eigenvalue weighted by molar-refractivity contribution is -0.168. The summed E-state index contributed by atoms with van der Waals surface area (Å²) in [4.78, 5) is 40.6. The topological polar surface area (TPSA) is 91.4 Å². The van der Waals surface area contributed by atoms with E-state index in [0.29, 0.717) is 53.0 Å². The van der Waals surface area contributed by atoms with Crippen LogP contribution in [0.15, 0.2) is 60.7 Å². The van der Waals surface area contributed by atoms with E-state index in [1.807, 2.05) is 24.3 Å². The van der Waals surface area contributed by atoms with Gasteiger partial charge in [-0.2, -0.15) is 0 Å². The normalized spacial score (nSPS) is 22.9. The van der Waals surface area contributed by atoms with Gasteiger partial charge in [0.05, 0.1) is 12.7 Å². The number of esters is 3. The number of anilines is 1. The van der Waals surface area contributed by atoms with Crippen molar-refractivity contribution in [1.82, 2.24) is 0 Å². The molecule has 10 heteroatoms. The van der Waals surface area contributed by atoms with Crippen LogP contribution in [0.2, 0.25) is 0 Å². The van der Waals surface area contributed by atoms with E-state index in [-0.39, 0.29) is 24.5 Å². The first-order chi connectivity index (χ1) is 25.7. The summed E-state index contributed by atoms with van der Waals surface area (Å²) < 4.78 is 23.2. The monoisotopic (exact) mass is 763 g/mol. The van der Waals surface area contributed by atoms with Crippen LogP contribution in [0.1, 0.15) is 90.4 Å². The standard InChI is InChI=1S/C43H51Cl2NO7/c1-28-40-31(26-36(41(28)50-3)52-42(49)30-9-5-4-6-10-30)14-17-33-34(40)20-21-43(2)35(33)18-19-37(43)53-39(48)27-51-38(47)11-7-8-29-12-15-32(16-13-29)46(24-22-44)25-23-45/h4-6,9-10,12-13,15-16,26,33-35,37H,7-8,11,14,17-25,27H2,1-3H3/t33-,34+,35+,37+,43+/m1/s1. The lowest BCUT2D eigenvalue weighted by Crippen LogP contribution is -2.45. The van der Waals surface area contributed by atoms with Crippen molar-refractivity contribution in [2.75, 3.05) is 43.5 Å². The molecule has 53 heavy (non-hydrogen) atoms. The van der Waals surface area contributed by atoms with E-state index >= 15 is 0 Å². The van der Waals surface area contributed by atoms with Gasteiger partial charge in [0, 0.05) is 42.4 Å². The number of benzene rings is 3. The second kappa shape index (κ2) is 17.6. The van der Waals surface area contributed by atoms with Gasteiger partial charge in [-0.25, -0.2) is 9.59 Å². The van der Waals surface area contributed by atoms with Gasteiger partial charge in [-0.15, -0.1) is 23.2 Å². The number of halogens is 2. The van der Waals surface area contributed by atoms with Crippen LogP contribution in [0.5, 0.6) is 11.5 Å². The third-order valence-electron chi connectivity index (χ3n) is 12.0. The van der Waals surface area contributed by atoms with E-state index in [0.717, 1.165) is 74.8 Å². The van der Waals surface area contributed by atoms with Gasteiger partial charge in [-0.05, 0) is 129 Å². The molecule has 0 unspecified atom stereocenters. The van der Waals surface area contributed by atoms with Crippen LogP contribution in [0.25, 0.3) is 0 Å². The fourth-order valence-electron chi connectivity index (χ4n) is 9.44. The maximum atomic E-state index is 13.0. The summed E-state index contributed by atoms with van der Waals surface area (Å²) in [6, 6.07) is 19.2. The quantitative estimate of drug-likeness (QED) is 0.0862. The van der Waals surface area contributed by atoms with E-state index in [9.17, 15) is 14.4 Å². The zero-order chi connectivity index (χ0) is 37.5. The van der Waals surface area contributed by atoms with Crippen molar-refractivity contribution in [2.24, 2.45) is 17.3 Å². The molecule has 5 atom stereocenters. The van der Waals surface area contributed by atoms with Gasteiger partial charge >= 0.3 is 17.9 Å². The molecule has 0 spiro atoms. The third kappa shape index (κ3) is 8.65. The Bertz CT molecular complexity index is 1740. The van der Waals surface area contributed by atoms with E-state index in [4.69, 9.17) is 42.1 Å². The fraction of sp³-hybridized carbons (Fsp3) is 0.512. The number of methoxy groups -OCH3 is 1. The summed E-state index contributed by atoms with van der Waals surface area (Å²) in [6.45, 7) is 5.45. The predicted molar refractivity (Wildman–Crippen MR) is 208 cm³/mol. The van der Waals surface area contributed by atoms with Crippen molar-refractivity contribution >= 4 is 46.8 Å². The fourth-order valence-corrected chi connectivity index (χ4v) is 9.85. The number of rotatable bonds is 15. The first-order valence-electron chi connectivity index (χ1n) is 18.9. The molecule has 2 fully saturated rings. The Balaban J connectivity index is 1.00. The highest BCUT2D eigenvalue weighted by molar-refractivity contribution is 6.18. The minimum atomic E-state index is -0.478. The molecule has 3 aromatic carbocycles. The average molecular weight is 765 g/mol. The molecule has 6 rings (SSSR count). The van der Waals surface area contributed by atoms with Crippen LogP contribution in [0.3, 0.4) is 0 Å². The van der Waals surface area contributed by atoms with Gasteiger partial charge in [-0.3, -0.25) is 4.79 Å². The molecule has 0 N–H and O–H groups in total. The lowest BCUT2D eigenvalue weighted by atomic mass is 9.55. The highest BCUT2D eigenvalue weighted by Gasteiger charge is 2.56. The molecule has 284 valence electrons. The van der Waals surface area contributed by atoms with Gasteiger partial charge < -0.3 is 23.8 Å². The summed E-state index contributed by atoms with van der Waals surface area (Å²) in [5, 5.41) is 0. The number of carbonyl (C=O) groups excluding carboxylic acids is 3. The summed E-state index contributed by atoms with van der Waals surface area (Å²) in [6.07, 6.45) is 7.00. The van der Waals surface area contributed by atoms with Gasteiger partial charge in [-0.1, -0.05) is 37.3 Å². The van der Waals surface area contributed by atoms with E-state index in [2.05, 4.69) is 43.0 Å². The Morgan fingerprint density at radius 3 is 2.36 bits per heavy atom. The number of carbonyl (C=O) groups is 3. The van der Waals surface area contributed by atoms with Crippen molar-refractivity contribution in [3.8, 4) is 11.5 Å². The van der Waals surface area contributed by atoms with Gasteiger partial charge in [0.1, 0.15) is 6.10 Å². The summed E-state index contributed by atoms with van der Waals surface area (Å²) in [5.41, 5.74) is 6.13. The highest BCUT2D eigenvalue weighted by atomic mass is 35.5. The number of ether oxygens (including phenoxy) is 4. The maximum absolute atomic E-state index is 13.0. The molecule has 0 radical (unpaired) electrons. The van der Waals surface area contributed by atoms with Crippen molar-refractivity contribution in [2.45, 2.75) is 83.7 Å². The number of nitrogens with zero attached hydrogens (tertiary/aromatic N) is 1. The number of aryl methyl sites for hydroxylation is 2. The van der Waals surface area contributed by atoms with Crippen LogP contribution in [0, 0.1) is 24.2 Å². The first-order valence-corrected chi connectivity index (χ1v) is 20.0. The Kier molecular flexibility index (Phi) is 12.9.